The fraction of sp³-hybridized carbons (Fsp3) is 0.800. The molecule has 0 amide bonds. The average Bonchev–Trinajstić information content (AvgIpc) is 3.65. The molecule has 4 aliphatic carbocycles. The number of rotatable bonds is 4. The molecule has 0 saturated heterocycles. The summed E-state index contributed by atoms with van der Waals surface area (Å²) in [6, 6.07) is 2.39. The molecular formula is C20H32Cl2CuN16O6. The summed E-state index contributed by atoms with van der Waals surface area (Å²) in [4.78, 5) is 0. The van der Waals surface area contributed by atoms with E-state index in [-0.39, 0.29) is 17.1 Å². The maximum absolute atomic E-state index is 8.41. The third-order valence-corrected chi connectivity index (χ3v) is 7.25. The predicted molar refractivity (Wildman–Crippen MR) is 123 cm³/mol. The van der Waals surface area contributed by atoms with E-state index in [1.165, 1.54) is 77.0 Å². The van der Waals surface area contributed by atoms with Crippen LogP contribution in [0.15, 0.2) is 25.3 Å². The quantitative estimate of drug-likeness (QED) is 0.177. The Morgan fingerprint density at radius 2 is 0.578 bits per heavy atom. The second-order valence-corrected chi connectivity index (χ2v) is 10.6. The second kappa shape index (κ2) is 21.8. The predicted octanol–water partition coefficient (Wildman–Crippen LogP) is -5.54. The largest absolute Gasteiger partial charge is 2.00 e. The van der Waals surface area contributed by atoms with E-state index >= 15 is 0 Å². The first-order valence-corrected chi connectivity index (χ1v) is 15.5. The van der Waals surface area contributed by atoms with Crippen molar-refractivity contribution in [2.24, 2.45) is 0 Å². The van der Waals surface area contributed by atoms with Crippen LogP contribution in [-0.4, -0.2) is 80.8 Å². The van der Waals surface area contributed by atoms with Gasteiger partial charge in [0, 0.05) is 0 Å². The van der Waals surface area contributed by atoms with Crippen molar-refractivity contribution in [2.75, 3.05) is 0 Å². The normalized spacial score (nSPS) is 17.2. The zero-order valence-corrected chi connectivity index (χ0v) is 26.2. The molecule has 0 aliphatic heterocycles. The fourth-order valence-electron chi connectivity index (χ4n) is 3.95. The molecule has 1 radical (unpaired) electrons. The Morgan fingerprint density at radius 3 is 0.667 bits per heavy atom. The zero-order chi connectivity index (χ0) is 31.6. The molecule has 4 saturated carbocycles. The van der Waals surface area contributed by atoms with Crippen LogP contribution in [-0.2, 0) is 17.1 Å². The van der Waals surface area contributed by atoms with E-state index in [9.17, 15) is 0 Å². The van der Waals surface area contributed by atoms with Gasteiger partial charge < -0.3 is 28.0 Å². The van der Waals surface area contributed by atoms with Gasteiger partial charge in [-0.15, -0.1) is 20.4 Å². The van der Waals surface area contributed by atoms with Crippen LogP contribution in [0.25, 0.3) is 0 Å². The molecule has 0 atom stereocenters. The van der Waals surface area contributed by atoms with Gasteiger partial charge in [-0.05, 0) is 119 Å². The molecule has 25 heteroatoms. The van der Waals surface area contributed by atoms with Gasteiger partial charge in [-0.3, -0.25) is 0 Å². The van der Waals surface area contributed by atoms with Crippen LogP contribution >= 0.6 is 0 Å². The molecule has 4 aromatic rings. The fourth-order valence-corrected chi connectivity index (χ4v) is 3.95. The van der Waals surface area contributed by atoms with Crippen molar-refractivity contribution < 1.29 is 66.6 Å². The molecule has 45 heavy (non-hydrogen) atoms. The Balaban J connectivity index is 0.000000193. The number of nitrogens with zero attached hydrogens (tertiary/aromatic N) is 16. The van der Waals surface area contributed by atoms with Gasteiger partial charge >= 0.3 is 17.1 Å². The molecule has 0 spiro atoms. The summed E-state index contributed by atoms with van der Waals surface area (Å²) in [5.41, 5.74) is 0. The number of tetrazole rings is 4. The van der Waals surface area contributed by atoms with Crippen molar-refractivity contribution in [3.63, 3.8) is 0 Å². The molecule has 4 aromatic heterocycles. The van der Waals surface area contributed by atoms with E-state index in [2.05, 4.69) is 62.1 Å². The summed E-state index contributed by atoms with van der Waals surface area (Å²) in [7, 11) is -5.70. The van der Waals surface area contributed by atoms with E-state index in [1.807, 2.05) is 18.7 Å². The molecular weight excluding hydrogens is 695 g/mol. The molecule has 253 valence electrons. The second-order valence-electron chi connectivity index (χ2n) is 9.88. The van der Waals surface area contributed by atoms with Crippen molar-refractivity contribution in [2.45, 2.75) is 101 Å². The number of aromatic nitrogens is 16. The Hall–Kier alpha value is -2.86. The van der Waals surface area contributed by atoms with Crippen LogP contribution in [0, 0.1) is 21.6 Å². The van der Waals surface area contributed by atoms with Gasteiger partial charge in [0.2, 0.25) is 0 Å². The van der Waals surface area contributed by atoms with Crippen LogP contribution in [0.2, 0.25) is 0 Å². The Labute approximate surface area is 273 Å². The zero-order valence-electron chi connectivity index (χ0n) is 23.8. The first kappa shape index (κ1) is 38.3. The van der Waals surface area contributed by atoms with Crippen molar-refractivity contribution in [1.29, 1.82) is 0 Å². The Kier molecular flexibility index (Phi) is 18.6. The molecule has 4 fully saturated rings. The van der Waals surface area contributed by atoms with E-state index < -0.39 is 21.6 Å². The van der Waals surface area contributed by atoms with Crippen LogP contribution in [0.3, 0.4) is 0 Å². The summed E-state index contributed by atoms with van der Waals surface area (Å²) in [6.07, 6.45) is 22.0. The molecule has 0 aromatic carbocycles. The van der Waals surface area contributed by atoms with Crippen LogP contribution in [0.4, 0.5) is 0 Å². The third kappa shape index (κ3) is 14.9. The minimum absolute atomic E-state index is 0. The van der Waals surface area contributed by atoms with Crippen molar-refractivity contribution in [3.05, 3.63) is 25.3 Å². The Morgan fingerprint density at radius 1 is 0.400 bits per heavy atom. The molecule has 0 bridgehead atoms. The van der Waals surface area contributed by atoms with E-state index in [0.717, 1.165) is 0 Å². The molecule has 4 aliphatic rings. The first-order valence-electron chi connectivity index (χ1n) is 13.7. The van der Waals surface area contributed by atoms with E-state index in [0.29, 0.717) is 24.2 Å². The van der Waals surface area contributed by atoms with Crippen molar-refractivity contribution in [1.82, 2.24) is 80.8 Å². The molecule has 4 heterocycles. The molecule has 8 rings (SSSR count). The third-order valence-electron chi connectivity index (χ3n) is 7.25. The molecule has 0 unspecified atom stereocenters. The molecule has 22 nitrogen and oxygen atoms in total. The van der Waals surface area contributed by atoms with Gasteiger partial charge in [-0.2, -0.15) is 0 Å². The minimum atomic E-state index is -2.85. The van der Waals surface area contributed by atoms with Crippen LogP contribution in [0.5, 0.6) is 0 Å². The standard InChI is InChI=1S/4C5H8N4.2ClO3.Cu/c4*1-2-5(3-1)9-4-6-7-8-9;2*2-1(3)4;/h4*4-5H,1-3H2;;;/q;;;;2*-1;+2. The first-order chi connectivity index (χ1) is 21.3. The van der Waals surface area contributed by atoms with Crippen molar-refractivity contribution in [3.8, 4) is 0 Å². The summed E-state index contributed by atoms with van der Waals surface area (Å²) in [5, 5.41) is 43.6. The smallest absolute Gasteiger partial charge is 0.357 e. The Bertz CT molecular complexity index is 1010. The number of hydrogen-bond donors (Lipinski definition) is 0. The van der Waals surface area contributed by atoms with Crippen molar-refractivity contribution >= 4 is 0 Å². The average molecular weight is 727 g/mol. The number of halogens is 2. The summed E-state index contributed by atoms with van der Waals surface area (Å²) >= 11 is 0. The van der Waals surface area contributed by atoms with Crippen LogP contribution in [0.1, 0.15) is 101 Å². The summed E-state index contributed by atoms with van der Waals surface area (Å²) < 4.78 is 57.8. The molecule has 0 N–H and O–H groups in total. The van der Waals surface area contributed by atoms with Gasteiger partial charge in [0.05, 0.1) is 45.7 Å². The maximum atomic E-state index is 8.41. The SMILES string of the molecule is [Cu+2].[O-][Cl+2]([O-])[O-].[O-][Cl+2]([O-])[O-].c1nnnn1C1CCC1.c1nnnn1C1CCC1.c1nnnn1C1CCC1.c1nnnn1C1CCC1. The van der Waals surface area contributed by atoms with Gasteiger partial charge in [0.15, 0.2) is 0 Å². The summed E-state index contributed by atoms with van der Waals surface area (Å²) in [5.74, 6) is 0. The monoisotopic (exact) mass is 725 g/mol. The van der Waals surface area contributed by atoms with Crippen LogP contribution < -0.4 is 28.0 Å². The minimum Gasteiger partial charge on any atom is -0.357 e. The summed E-state index contributed by atoms with van der Waals surface area (Å²) in [6.45, 7) is 0. The number of hydrogen-bond acceptors (Lipinski definition) is 18. The maximum Gasteiger partial charge on any atom is 2.00 e. The van der Waals surface area contributed by atoms with Gasteiger partial charge in [-0.1, -0.05) is 0 Å². The topological polar surface area (TPSA) is 313 Å². The van der Waals surface area contributed by atoms with E-state index in [1.54, 1.807) is 25.3 Å². The van der Waals surface area contributed by atoms with E-state index in [4.69, 9.17) is 28.0 Å². The van der Waals surface area contributed by atoms with Gasteiger partial charge in [-0.25, -0.2) is 18.7 Å². The van der Waals surface area contributed by atoms with Gasteiger partial charge in [0.25, 0.3) is 0 Å². The van der Waals surface area contributed by atoms with Gasteiger partial charge in [0.1, 0.15) is 25.3 Å².